The summed E-state index contributed by atoms with van der Waals surface area (Å²) in [6.07, 6.45) is 5.00. The lowest BCUT2D eigenvalue weighted by molar-refractivity contribution is 0.0314. The second-order valence-electron chi connectivity index (χ2n) is 5.34. The summed E-state index contributed by atoms with van der Waals surface area (Å²) in [7, 11) is 1.69. The highest BCUT2D eigenvalue weighted by Gasteiger charge is 2.38. The van der Waals surface area contributed by atoms with Crippen LogP contribution in [0.4, 0.5) is 0 Å². The van der Waals surface area contributed by atoms with E-state index in [9.17, 15) is 5.11 Å². The van der Waals surface area contributed by atoms with E-state index in [1.54, 1.807) is 7.11 Å². The van der Waals surface area contributed by atoms with Crippen molar-refractivity contribution in [1.82, 2.24) is 0 Å². The van der Waals surface area contributed by atoms with Gasteiger partial charge in [-0.2, -0.15) is 0 Å². The summed E-state index contributed by atoms with van der Waals surface area (Å²) in [5.41, 5.74) is 5.79. The molecule has 1 rings (SSSR count). The first-order valence-corrected chi connectivity index (χ1v) is 7.27. The molecule has 19 heavy (non-hydrogen) atoms. The summed E-state index contributed by atoms with van der Waals surface area (Å²) >= 11 is 0. The second-order valence-corrected chi connectivity index (χ2v) is 5.34. The van der Waals surface area contributed by atoms with Crippen LogP contribution in [0.15, 0.2) is 0 Å². The van der Waals surface area contributed by atoms with E-state index in [0.717, 1.165) is 45.3 Å². The number of rotatable bonds is 11. The Hall–Kier alpha value is -0.200. The molecule has 0 heterocycles. The van der Waals surface area contributed by atoms with E-state index < -0.39 is 0 Å². The molecule has 1 aliphatic carbocycles. The molecule has 0 aliphatic heterocycles. The molecular formula is C14H29NO4. The van der Waals surface area contributed by atoms with E-state index in [2.05, 4.69) is 0 Å². The highest BCUT2D eigenvalue weighted by Crippen LogP contribution is 2.35. The molecule has 1 aliphatic rings. The molecule has 0 aromatic rings. The van der Waals surface area contributed by atoms with Crippen LogP contribution in [0, 0.1) is 5.92 Å². The molecule has 0 radical (unpaired) electrons. The topological polar surface area (TPSA) is 73.9 Å². The van der Waals surface area contributed by atoms with E-state index in [1.165, 1.54) is 0 Å². The molecule has 5 nitrogen and oxygen atoms in total. The average Bonchev–Trinajstić information content (AvgIpc) is 2.79. The van der Waals surface area contributed by atoms with Crippen LogP contribution in [0.5, 0.6) is 0 Å². The second kappa shape index (κ2) is 9.66. The number of aliphatic hydroxyl groups excluding tert-OH is 1. The van der Waals surface area contributed by atoms with Gasteiger partial charge in [0.1, 0.15) is 0 Å². The van der Waals surface area contributed by atoms with Crippen molar-refractivity contribution in [3.63, 3.8) is 0 Å². The van der Waals surface area contributed by atoms with Crippen molar-refractivity contribution in [2.24, 2.45) is 11.7 Å². The molecule has 0 bridgehead atoms. The molecule has 2 unspecified atom stereocenters. The lowest BCUT2D eigenvalue weighted by atomic mass is 9.87. The molecule has 1 saturated carbocycles. The molecule has 0 spiro atoms. The van der Waals surface area contributed by atoms with Gasteiger partial charge >= 0.3 is 0 Å². The lowest BCUT2D eigenvalue weighted by Crippen LogP contribution is -2.47. The van der Waals surface area contributed by atoms with Crippen molar-refractivity contribution < 1.29 is 19.3 Å². The first-order chi connectivity index (χ1) is 9.23. The van der Waals surface area contributed by atoms with Crippen LogP contribution in [0.2, 0.25) is 0 Å². The number of aliphatic hydroxyl groups is 1. The molecule has 0 amide bonds. The summed E-state index contributed by atoms with van der Waals surface area (Å²) < 4.78 is 15.9. The Morgan fingerprint density at radius 3 is 2.58 bits per heavy atom. The zero-order chi connectivity index (χ0) is 14.0. The van der Waals surface area contributed by atoms with Gasteiger partial charge in [0.25, 0.3) is 0 Å². The largest absolute Gasteiger partial charge is 0.394 e. The van der Waals surface area contributed by atoms with Gasteiger partial charge in [-0.3, -0.25) is 0 Å². The zero-order valence-electron chi connectivity index (χ0n) is 12.1. The third-order valence-electron chi connectivity index (χ3n) is 3.92. The van der Waals surface area contributed by atoms with Gasteiger partial charge in [-0.25, -0.2) is 0 Å². The van der Waals surface area contributed by atoms with E-state index >= 15 is 0 Å². The summed E-state index contributed by atoms with van der Waals surface area (Å²) in [6, 6.07) is 0. The van der Waals surface area contributed by atoms with Crippen LogP contribution in [0.3, 0.4) is 0 Å². The summed E-state index contributed by atoms with van der Waals surface area (Å²) in [6.45, 7) is 3.49. The first kappa shape index (κ1) is 16.9. The van der Waals surface area contributed by atoms with Gasteiger partial charge in [-0.15, -0.1) is 0 Å². The first-order valence-electron chi connectivity index (χ1n) is 7.27. The molecule has 0 aromatic carbocycles. The molecule has 2 atom stereocenters. The van der Waals surface area contributed by atoms with E-state index in [0.29, 0.717) is 25.7 Å². The Morgan fingerprint density at radius 1 is 1.16 bits per heavy atom. The standard InChI is InChI=1S/C14H29NO4/c1-17-7-3-8-18-10-11-19-9-5-13-4-2-6-14(13,15)12-16/h13,16H,2-12,15H2,1H3. The molecule has 1 fully saturated rings. The Morgan fingerprint density at radius 2 is 1.89 bits per heavy atom. The molecular weight excluding hydrogens is 246 g/mol. The normalized spacial score (nSPS) is 27.0. The van der Waals surface area contributed by atoms with Crippen molar-refractivity contribution in [3.8, 4) is 0 Å². The molecule has 0 aromatic heterocycles. The lowest BCUT2D eigenvalue weighted by Gasteiger charge is -2.29. The fourth-order valence-electron chi connectivity index (χ4n) is 2.66. The monoisotopic (exact) mass is 275 g/mol. The maximum Gasteiger partial charge on any atom is 0.0700 e. The maximum atomic E-state index is 9.34. The quantitative estimate of drug-likeness (QED) is 0.549. The van der Waals surface area contributed by atoms with Gasteiger partial charge in [0.2, 0.25) is 0 Å². The van der Waals surface area contributed by atoms with Crippen molar-refractivity contribution in [3.05, 3.63) is 0 Å². The Labute approximate surface area is 116 Å². The highest BCUT2D eigenvalue weighted by molar-refractivity contribution is 4.95. The number of ether oxygens (including phenoxy) is 3. The minimum absolute atomic E-state index is 0.0836. The minimum Gasteiger partial charge on any atom is -0.394 e. The summed E-state index contributed by atoms with van der Waals surface area (Å²) in [4.78, 5) is 0. The average molecular weight is 275 g/mol. The van der Waals surface area contributed by atoms with Crippen LogP contribution in [-0.4, -0.2) is 57.4 Å². The Kier molecular flexibility index (Phi) is 8.57. The van der Waals surface area contributed by atoms with Crippen LogP contribution in [-0.2, 0) is 14.2 Å². The smallest absolute Gasteiger partial charge is 0.0700 e. The van der Waals surface area contributed by atoms with Gasteiger partial charge in [-0.05, 0) is 31.6 Å². The van der Waals surface area contributed by atoms with E-state index in [1.807, 2.05) is 0 Å². The molecule has 3 N–H and O–H groups in total. The maximum absolute atomic E-state index is 9.34. The number of methoxy groups -OCH3 is 1. The van der Waals surface area contributed by atoms with Crippen LogP contribution < -0.4 is 5.73 Å². The fraction of sp³-hybridized carbons (Fsp3) is 1.00. The predicted octanol–water partition coefficient (Wildman–Crippen LogP) is 0.936. The zero-order valence-corrected chi connectivity index (χ0v) is 12.1. The van der Waals surface area contributed by atoms with E-state index in [-0.39, 0.29) is 12.1 Å². The number of hydrogen-bond donors (Lipinski definition) is 2. The fourth-order valence-corrected chi connectivity index (χ4v) is 2.66. The predicted molar refractivity (Wildman–Crippen MR) is 74.1 cm³/mol. The third kappa shape index (κ3) is 6.19. The molecule has 5 heteroatoms. The SMILES string of the molecule is COCCCOCCOCCC1CCCC1(N)CO. The third-order valence-corrected chi connectivity index (χ3v) is 3.92. The molecule has 0 saturated heterocycles. The van der Waals surface area contributed by atoms with Gasteiger partial charge in [0.05, 0.1) is 19.8 Å². The van der Waals surface area contributed by atoms with Crippen molar-refractivity contribution in [2.45, 2.75) is 37.6 Å². The van der Waals surface area contributed by atoms with Gasteiger partial charge < -0.3 is 25.1 Å². The van der Waals surface area contributed by atoms with Crippen LogP contribution in [0.1, 0.15) is 32.1 Å². The van der Waals surface area contributed by atoms with Crippen molar-refractivity contribution in [2.75, 3.05) is 46.8 Å². The van der Waals surface area contributed by atoms with Crippen molar-refractivity contribution in [1.29, 1.82) is 0 Å². The summed E-state index contributed by atoms with van der Waals surface area (Å²) in [5, 5.41) is 9.34. The molecule has 114 valence electrons. The van der Waals surface area contributed by atoms with E-state index in [4.69, 9.17) is 19.9 Å². The summed E-state index contributed by atoms with van der Waals surface area (Å²) in [5.74, 6) is 0.389. The highest BCUT2D eigenvalue weighted by atomic mass is 16.5. The number of hydrogen-bond acceptors (Lipinski definition) is 5. The number of nitrogens with two attached hydrogens (primary N) is 1. The van der Waals surface area contributed by atoms with Crippen molar-refractivity contribution >= 4 is 0 Å². The van der Waals surface area contributed by atoms with Crippen LogP contribution >= 0.6 is 0 Å². The van der Waals surface area contributed by atoms with Crippen LogP contribution in [0.25, 0.3) is 0 Å². The van der Waals surface area contributed by atoms with Gasteiger partial charge in [-0.1, -0.05) is 6.42 Å². The Balaban J connectivity index is 1.93. The Bertz CT molecular complexity index is 227. The van der Waals surface area contributed by atoms with Gasteiger partial charge in [0, 0.05) is 32.5 Å². The minimum atomic E-state index is -0.375. The van der Waals surface area contributed by atoms with Gasteiger partial charge in [0.15, 0.2) is 0 Å².